The number of aromatic nitrogens is 3. The number of halogens is 1. The molecule has 0 amide bonds. The summed E-state index contributed by atoms with van der Waals surface area (Å²) < 4.78 is 18.6. The maximum atomic E-state index is 13.4. The predicted molar refractivity (Wildman–Crippen MR) is 138 cm³/mol. The Balaban J connectivity index is 1.27. The van der Waals surface area contributed by atoms with E-state index in [4.69, 9.17) is 4.74 Å². The van der Waals surface area contributed by atoms with E-state index in [1.807, 2.05) is 37.3 Å². The lowest BCUT2D eigenvalue weighted by atomic mass is 10.1. The summed E-state index contributed by atoms with van der Waals surface area (Å²) >= 11 is 0. The van der Waals surface area contributed by atoms with Gasteiger partial charge in [0.1, 0.15) is 29.4 Å². The Morgan fingerprint density at radius 3 is 2.56 bits per heavy atom. The van der Waals surface area contributed by atoms with Crippen LogP contribution >= 0.6 is 0 Å². The van der Waals surface area contributed by atoms with Crippen molar-refractivity contribution in [1.29, 1.82) is 0 Å². The molecule has 5 rings (SSSR count). The number of H-pyrrole nitrogens is 1. The first-order valence-electron chi connectivity index (χ1n) is 12.1. The largest absolute Gasteiger partial charge is 0.497 e. The van der Waals surface area contributed by atoms with E-state index in [0.717, 1.165) is 39.4 Å². The van der Waals surface area contributed by atoms with Crippen molar-refractivity contribution in [3.63, 3.8) is 0 Å². The number of ether oxygens (including phenoxy) is 1. The predicted octanol–water partition coefficient (Wildman–Crippen LogP) is 3.91. The van der Waals surface area contributed by atoms with Gasteiger partial charge < -0.3 is 19.7 Å². The van der Waals surface area contributed by atoms with Gasteiger partial charge in [-0.1, -0.05) is 12.1 Å². The molecular weight excluding hydrogens is 459 g/mol. The molecule has 1 fully saturated rings. The first kappa shape index (κ1) is 24.2. The SMILES string of the molecule is COc1ccc([C@H](C)NC(O)N2CCN(c3ncnc4[nH]c(-c5ccc(F)cc5)cc34)C[C@H]2C)cc1. The lowest BCUT2D eigenvalue weighted by molar-refractivity contribution is -0.0544. The first-order chi connectivity index (χ1) is 17.4. The minimum atomic E-state index is -0.776. The van der Waals surface area contributed by atoms with Crippen molar-refractivity contribution in [2.24, 2.45) is 0 Å². The molecule has 2 aromatic carbocycles. The second-order valence-electron chi connectivity index (χ2n) is 9.22. The fourth-order valence-electron chi connectivity index (χ4n) is 4.80. The van der Waals surface area contributed by atoms with Crippen molar-refractivity contribution < 1.29 is 14.2 Å². The molecule has 3 atom stereocenters. The molecular formula is C27H31FN6O2. The number of hydrogen-bond donors (Lipinski definition) is 3. The fourth-order valence-corrected chi connectivity index (χ4v) is 4.80. The smallest absolute Gasteiger partial charge is 0.163 e. The van der Waals surface area contributed by atoms with E-state index < -0.39 is 6.35 Å². The molecule has 0 bridgehead atoms. The summed E-state index contributed by atoms with van der Waals surface area (Å²) in [4.78, 5) is 16.6. The molecule has 0 saturated carbocycles. The van der Waals surface area contributed by atoms with Crippen molar-refractivity contribution in [3.8, 4) is 17.0 Å². The number of rotatable bonds is 7. The monoisotopic (exact) mass is 490 g/mol. The Kier molecular flexibility index (Phi) is 6.86. The minimum absolute atomic E-state index is 0.0256. The van der Waals surface area contributed by atoms with Crippen molar-refractivity contribution in [2.75, 3.05) is 31.6 Å². The number of benzene rings is 2. The van der Waals surface area contributed by atoms with E-state index in [9.17, 15) is 9.50 Å². The van der Waals surface area contributed by atoms with Crippen LogP contribution in [-0.2, 0) is 0 Å². The quantitative estimate of drug-likeness (QED) is 0.339. The number of aromatic amines is 1. The Hall–Kier alpha value is -3.53. The summed E-state index contributed by atoms with van der Waals surface area (Å²) in [6.45, 7) is 6.23. The zero-order valence-electron chi connectivity index (χ0n) is 20.6. The summed E-state index contributed by atoms with van der Waals surface area (Å²) in [6, 6.07) is 16.3. The highest BCUT2D eigenvalue weighted by Gasteiger charge is 2.30. The van der Waals surface area contributed by atoms with Crippen LogP contribution in [0.2, 0.25) is 0 Å². The number of piperazine rings is 1. The van der Waals surface area contributed by atoms with Gasteiger partial charge in [-0.2, -0.15) is 0 Å². The summed E-state index contributed by atoms with van der Waals surface area (Å²) in [6.07, 6.45) is 0.786. The first-order valence-corrected chi connectivity index (χ1v) is 12.1. The lowest BCUT2D eigenvalue weighted by Crippen LogP contribution is -2.59. The molecule has 3 heterocycles. The number of aliphatic hydroxyl groups excluding tert-OH is 1. The molecule has 1 aliphatic heterocycles. The standard InChI is InChI=1S/C27H31FN6O2/c1-17-15-33(12-13-34(17)27(35)31-18(2)19-6-10-22(36-3)11-7-19)26-23-14-24(32-25(23)29-16-30-26)20-4-8-21(28)9-5-20/h4-11,14,16-18,27,31,35H,12-13,15H2,1-3H3,(H,29,30,32)/t17-,18+,27?/m1/s1. The molecule has 36 heavy (non-hydrogen) atoms. The molecule has 2 aromatic heterocycles. The molecule has 4 aromatic rings. The zero-order chi connectivity index (χ0) is 25.2. The fraction of sp³-hybridized carbons (Fsp3) is 0.333. The second-order valence-corrected chi connectivity index (χ2v) is 9.22. The number of fused-ring (bicyclic) bond motifs is 1. The average molecular weight is 491 g/mol. The van der Waals surface area contributed by atoms with Crippen LogP contribution in [0, 0.1) is 5.82 Å². The van der Waals surface area contributed by atoms with Crippen LogP contribution in [0.1, 0.15) is 25.5 Å². The van der Waals surface area contributed by atoms with Crippen LogP contribution < -0.4 is 15.0 Å². The van der Waals surface area contributed by atoms with E-state index >= 15 is 0 Å². The highest BCUT2D eigenvalue weighted by molar-refractivity contribution is 5.92. The average Bonchev–Trinajstić information content (AvgIpc) is 3.33. The van der Waals surface area contributed by atoms with Crippen molar-refractivity contribution in [1.82, 2.24) is 25.2 Å². The Labute approximate surface area is 209 Å². The van der Waals surface area contributed by atoms with E-state index in [1.165, 1.54) is 12.1 Å². The van der Waals surface area contributed by atoms with E-state index in [2.05, 4.69) is 37.0 Å². The summed E-state index contributed by atoms with van der Waals surface area (Å²) in [7, 11) is 1.65. The van der Waals surface area contributed by atoms with Crippen LogP contribution in [0.5, 0.6) is 5.75 Å². The van der Waals surface area contributed by atoms with Crippen LogP contribution in [0.3, 0.4) is 0 Å². The van der Waals surface area contributed by atoms with E-state index in [1.54, 1.807) is 25.6 Å². The molecule has 1 aliphatic rings. The number of aliphatic hydroxyl groups is 1. The zero-order valence-corrected chi connectivity index (χ0v) is 20.6. The van der Waals surface area contributed by atoms with Gasteiger partial charge in [-0.15, -0.1) is 0 Å². The molecule has 0 spiro atoms. The molecule has 1 unspecified atom stereocenters. The van der Waals surface area contributed by atoms with Crippen LogP contribution in [-0.4, -0.2) is 64.1 Å². The normalized spacial score (nSPS) is 18.4. The van der Waals surface area contributed by atoms with Crippen molar-refractivity contribution in [2.45, 2.75) is 32.3 Å². The third kappa shape index (κ3) is 4.90. The topological polar surface area (TPSA) is 89.5 Å². The Bertz CT molecular complexity index is 1310. The van der Waals surface area contributed by atoms with Gasteiger partial charge in [0, 0.05) is 37.4 Å². The molecule has 0 aliphatic carbocycles. The lowest BCUT2D eigenvalue weighted by Gasteiger charge is -2.43. The molecule has 1 saturated heterocycles. The van der Waals surface area contributed by atoms with Crippen molar-refractivity contribution in [3.05, 3.63) is 72.3 Å². The molecule has 8 nitrogen and oxygen atoms in total. The van der Waals surface area contributed by atoms with Gasteiger partial charge in [0.2, 0.25) is 0 Å². The van der Waals surface area contributed by atoms with Gasteiger partial charge in [-0.25, -0.2) is 14.4 Å². The summed E-state index contributed by atoms with van der Waals surface area (Å²) in [5.41, 5.74) is 3.57. The van der Waals surface area contributed by atoms with Gasteiger partial charge >= 0.3 is 0 Å². The Morgan fingerprint density at radius 1 is 1.11 bits per heavy atom. The molecule has 188 valence electrons. The maximum Gasteiger partial charge on any atom is 0.163 e. The molecule has 9 heteroatoms. The highest BCUT2D eigenvalue weighted by atomic mass is 19.1. The third-order valence-corrected chi connectivity index (χ3v) is 6.87. The summed E-state index contributed by atoms with van der Waals surface area (Å²) in [5, 5.41) is 15.2. The number of hydrogen-bond acceptors (Lipinski definition) is 7. The van der Waals surface area contributed by atoms with Crippen LogP contribution in [0.4, 0.5) is 10.2 Å². The van der Waals surface area contributed by atoms with Gasteiger partial charge in [0.05, 0.1) is 12.5 Å². The number of nitrogens with one attached hydrogen (secondary N) is 2. The van der Waals surface area contributed by atoms with Crippen molar-refractivity contribution >= 4 is 16.9 Å². The third-order valence-electron chi connectivity index (χ3n) is 6.87. The Morgan fingerprint density at radius 2 is 1.86 bits per heavy atom. The van der Waals surface area contributed by atoms with Gasteiger partial charge in [-0.3, -0.25) is 10.2 Å². The highest BCUT2D eigenvalue weighted by Crippen LogP contribution is 2.30. The van der Waals surface area contributed by atoms with Gasteiger partial charge in [0.25, 0.3) is 0 Å². The second kappa shape index (κ2) is 10.2. The van der Waals surface area contributed by atoms with E-state index in [-0.39, 0.29) is 17.9 Å². The van der Waals surface area contributed by atoms with Gasteiger partial charge in [-0.05, 0) is 67.4 Å². The molecule has 0 radical (unpaired) electrons. The van der Waals surface area contributed by atoms with E-state index in [0.29, 0.717) is 19.6 Å². The number of nitrogens with zero attached hydrogens (tertiary/aromatic N) is 4. The van der Waals surface area contributed by atoms with Gasteiger partial charge in [0.15, 0.2) is 6.35 Å². The maximum absolute atomic E-state index is 13.4. The minimum Gasteiger partial charge on any atom is -0.497 e. The molecule has 3 N–H and O–H groups in total. The number of anilines is 1. The summed E-state index contributed by atoms with van der Waals surface area (Å²) in [5.74, 6) is 1.39. The number of methoxy groups -OCH3 is 1. The van der Waals surface area contributed by atoms with Crippen LogP contribution in [0.15, 0.2) is 60.9 Å². The van der Waals surface area contributed by atoms with Crippen LogP contribution in [0.25, 0.3) is 22.3 Å².